The maximum absolute atomic E-state index is 5.70. The van der Waals surface area contributed by atoms with Gasteiger partial charge in [-0.3, -0.25) is 0 Å². The van der Waals surface area contributed by atoms with Crippen molar-refractivity contribution in [2.75, 3.05) is 32.5 Å². The lowest BCUT2D eigenvalue weighted by atomic mass is 10.1. The van der Waals surface area contributed by atoms with Crippen LogP contribution in [0.2, 0.25) is 0 Å². The molecule has 0 saturated carbocycles. The Bertz CT molecular complexity index is 335. The summed E-state index contributed by atoms with van der Waals surface area (Å²) in [6, 6.07) is 5.66. The van der Waals surface area contributed by atoms with Crippen molar-refractivity contribution in [3.05, 3.63) is 23.8 Å². The Morgan fingerprint density at radius 2 is 2.40 bits per heavy atom. The van der Waals surface area contributed by atoms with Crippen molar-refractivity contribution >= 4 is 5.69 Å². The van der Waals surface area contributed by atoms with E-state index in [-0.39, 0.29) is 6.10 Å². The Morgan fingerprint density at radius 3 is 3.07 bits per heavy atom. The molecule has 1 fully saturated rings. The maximum atomic E-state index is 5.70. The summed E-state index contributed by atoms with van der Waals surface area (Å²) in [6.45, 7) is 2.46. The number of rotatable bonds is 2. The lowest BCUT2D eigenvalue weighted by Gasteiger charge is -2.25. The predicted molar refractivity (Wildman–Crippen MR) is 59.0 cm³/mol. The van der Waals surface area contributed by atoms with Crippen LogP contribution in [0.3, 0.4) is 0 Å². The van der Waals surface area contributed by atoms with E-state index in [0.717, 1.165) is 31.0 Å². The average molecular weight is 208 g/mol. The Kier molecular flexibility index (Phi) is 3.08. The third-order valence-electron chi connectivity index (χ3n) is 2.53. The van der Waals surface area contributed by atoms with Crippen LogP contribution in [0, 0.1) is 0 Å². The van der Waals surface area contributed by atoms with E-state index in [1.807, 2.05) is 18.2 Å². The number of hydrogen-bond donors (Lipinski definition) is 2. The van der Waals surface area contributed by atoms with Crippen molar-refractivity contribution < 1.29 is 9.47 Å². The summed E-state index contributed by atoms with van der Waals surface area (Å²) in [5, 5.41) is 3.29. The first-order chi connectivity index (χ1) is 7.31. The number of nitrogens with two attached hydrogens (primary N) is 1. The van der Waals surface area contributed by atoms with E-state index in [2.05, 4.69) is 5.32 Å². The fourth-order valence-corrected chi connectivity index (χ4v) is 1.76. The van der Waals surface area contributed by atoms with Gasteiger partial charge >= 0.3 is 0 Å². The highest BCUT2D eigenvalue weighted by atomic mass is 16.5. The lowest BCUT2D eigenvalue weighted by Crippen LogP contribution is -2.33. The molecule has 0 aliphatic carbocycles. The third-order valence-corrected chi connectivity index (χ3v) is 2.53. The van der Waals surface area contributed by atoms with Gasteiger partial charge in [0, 0.05) is 30.4 Å². The minimum atomic E-state index is 0.0642. The zero-order valence-corrected chi connectivity index (χ0v) is 8.82. The first-order valence-corrected chi connectivity index (χ1v) is 5.07. The number of anilines is 1. The minimum Gasteiger partial charge on any atom is -0.496 e. The second kappa shape index (κ2) is 4.51. The van der Waals surface area contributed by atoms with Gasteiger partial charge in [0.25, 0.3) is 0 Å². The molecule has 1 aliphatic heterocycles. The molecule has 2 rings (SSSR count). The Labute approximate surface area is 89.4 Å². The summed E-state index contributed by atoms with van der Waals surface area (Å²) >= 11 is 0. The van der Waals surface area contributed by atoms with Gasteiger partial charge in [0.15, 0.2) is 0 Å². The van der Waals surface area contributed by atoms with Crippen molar-refractivity contribution in [3.63, 3.8) is 0 Å². The van der Waals surface area contributed by atoms with Crippen LogP contribution in [-0.4, -0.2) is 26.8 Å². The highest BCUT2D eigenvalue weighted by Gasteiger charge is 2.19. The first-order valence-electron chi connectivity index (χ1n) is 5.07. The molecule has 0 spiro atoms. The molecule has 1 atom stereocenters. The van der Waals surface area contributed by atoms with Crippen molar-refractivity contribution in [2.24, 2.45) is 0 Å². The fourth-order valence-electron chi connectivity index (χ4n) is 1.76. The smallest absolute Gasteiger partial charge is 0.126 e. The number of nitrogens with one attached hydrogen (secondary N) is 1. The van der Waals surface area contributed by atoms with Crippen LogP contribution in [0.5, 0.6) is 5.75 Å². The summed E-state index contributed by atoms with van der Waals surface area (Å²) in [7, 11) is 1.65. The fraction of sp³-hybridized carbons (Fsp3) is 0.455. The van der Waals surface area contributed by atoms with Gasteiger partial charge in [-0.05, 0) is 6.07 Å². The summed E-state index contributed by atoms with van der Waals surface area (Å²) < 4.78 is 11.0. The lowest BCUT2D eigenvalue weighted by molar-refractivity contribution is 0.0263. The zero-order valence-electron chi connectivity index (χ0n) is 8.82. The topological polar surface area (TPSA) is 56.5 Å². The SMILES string of the molecule is COc1cc(N)ccc1C1CNCCO1. The molecule has 82 valence electrons. The standard InChI is InChI=1S/C11H16N2O2/c1-14-10-6-8(12)2-3-9(10)11-7-13-4-5-15-11/h2-3,6,11,13H,4-5,7,12H2,1H3. The summed E-state index contributed by atoms with van der Waals surface area (Å²) in [4.78, 5) is 0. The van der Waals surface area contributed by atoms with Crippen molar-refractivity contribution in [3.8, 4) is 5.75 Å². The molecule has 1 aliphatic rings. The minimum absolute atomic E-state index is 0.0642. The molecule has 15 heavy (non-hydrogen) atoms. The largest absolute Gasteiger partial charge is 0.496 e. The van der Waals surface area contributed by atoms with Crippen LogP contribution >= 0.6 is 0 Å². The van der Waals surface area contributed by atoms with Crippen molar-refractivity contribution in [2.45, 2.75) is 6.10 Å². The van der Waals surface area contributed by atoms with E-state index in [0.29, 0.717) is 5.69 Å². The average Bonchev–Trinajstić information content (AvgIpc) is 2.30. The first kappa shape index (κ1) is 10.3. The van der Waals surface area contributed by atoms with Gasteiger partial charge in [0.1, 0.15) is 5.75 Å². The van der Waals surface area contributed by atoms with Gasteiger partial charge < -0.3 is 20.5 Å². The number of methoxy groups -OCH3 is 1. The van der Waals surface area contributed by atoms with E-state index in [4.69, 9.17) is 15.2 Å². The molecule has 0 aromatic heterocycles. The third kappa shape index (κ3) is 2.22. The highest BCUT2D eigenvalue weighted by Crippen LogP contribution is 2.29. The van der Waals surface area contributed by atoms with Crippen molar-refractivity contribution in [1.29, 1.82) is 0 Å². The summed E-state index contributed by atoms with van der Waals surface area (Å²) in [5.41, 5.74) is 7.46. The van der Waals surface area contributed by atoms with Gasteiger partial charge in [-0.1, -0.05) is 6.07 Å². The molecule has 1 unspecified atom stereocenters. The molecule has 0 amide bonds. The summed E-state index contributed by atoms with van der Waals surface area (Å²) in [6.07, 6.45) is 0.0642. The number of nitrogen functional groups attached to an aromatic ring is 1. The molecule has 1 heterocycles. The van der Waals surface area contributed by atoms with Crippen LogP contribution in [0.25, 0.3) is 0 Å². The molecule has 3 N–H and O–H groups in total. The van der Waals surface area contributed by atoms with Gasteiger partial charge in [-0.25, -0.2) is 0 Å². The predicted octanol–water partition coefficient (Wildman–Crippen LogP) is 0.938. The van der Waals surface area contributed by atoms with E-state index < -0.39 is 0 Å². The van der Waals surface area contributed by atoms with Gasteiger partial charge in [-0.15, -0.1) is 0 Å². The summed E-state index contributed by atoms with van der Waals surface area (Å²) in [5.74, 6) is 0.795. The zero-order chi connectivity index (χ0) is 10.7. The van der Waals surface area contributed by atoms with Crippen LogP contribution in [0.1, 0.15) is 11.7 Å². The molecule has 0 bridgehead atoms. The van der Waals surface area contributed by atoms with Crippen LogP contribution in [-0.2, 0) is 4.74 Å². The van der Waals surface area contributed by atoms with E-state index >= 15 is 0 Å². The number of hydrogen-bond acceptors (Lipinski definition) is 4. The number of ether oxygens (including phenoxy) is 2. The van der Waals surface area contributed by atoms with Crippen LogP contribution in [0.15, 0.2) is 18.2 Å². The monoisotopic (exact) mass is 208 g/mol. The molecule has 1 aromatic rings. The molecular formula is C11H16N2O2. The maximum Gasteiger partial charge on any atom is 0.126 e. The molecule has 1 aromatic carbocycles. The number of morpholine rings is 1. The quantitative estimate of drug-likeness (QED) is 0.710. The van der Waals surface area contributed by atoms with E-state index in [9.17, 15) is 0 Å². The molecule has 1 saturated heterocycles. The second-order valence-corrected chi connectivity index (χ2v) is 3.56. The van der Waals surface area contributed by atoms with Gasteiger partial charge in [-0.2, -0.15) is 0 Å². The normalized spacial score (nSPS) is 21.3. The van der Waals surface area contributed by atoms with Crippen LogP contribution < -0.4 is 15.8 Å². The second-order valence-electron chi connectivity index (χ2n) is 3.56. The number of benzene rings is 1. The van der Waals surface area contributed by atoms with E-state index in [1.54, 1.807) is 7.11 Å². The van der Waals surface area contributed by atoms with Crippen molar-refractivity contribution in [1.82, 2.24) is 5.32 Å². The molecule has 0 radical (unpaired) electrons. The van der Waals surface area contributed by atoms with Gasteiger partial charge in [0.2, 0.25) is 0 Å². The molecular weight excluding hydrogens is 192 g/mol. The Balaban J connectivity index is 2.25. The molecule has 4 heteroatoms. The molecule has 4 nitrogen and oxygen atoms in total. The van der Waals surface area contributed by atoms with Crippen LogP contribution in [0.4, 0.5) is 5.69 Å². The Morgan fingerprint density at radius 1 is 1.53 bits per heavy atom. The Hall–Kier alpha value is -1.26. The highest BCUT2D eigenvalue weighted by molar-refractivity contribution is 5.49. The van der Waals surface area contributed by atoms with E-state index in [1.165, 1.54) is 0 Å². The van der Waals surface area contributed by atoms with Gasteiger partial charge in [0.05, 0.1) is 19.8 Å².